The van der Waals surface area contributed by atoms with Crippen molar-refractivity contribution in [2.45, 2.75) is 102 Å². The molecule has 3 heterocycles. The third-order valence-corrected chi connectivity index (χ3v) is 9.02. The quantitative estimate of drug-likeness (QED) is 0.287. The van der Waals surface area contributed by atoms with Gasteiger partial charge in [0.2, 0.25) is 23.6 Å². The van der Waals surface area contributed by atoms with Crippen LogP contribution in [0.15, 0.2) is 24.3 Å². The minimum Gasteiger partial charge on any atom is -0.484 e. The molecule has 5 amide bonds. The lowest BCUT2D eigenvalue weighted by Crippen LogP contribution is -2.65. The van der Waals surface area contributed by atoms with Crippen LogP contribution in [0.1, 0.15) is 77.2 Å². The second-order valence-electron chi connectivity index (χ2n) is 12.2. The number of benzene rings is 1. The van der Waals surface area contributed by atoms with Gasteiger partial charge in [0, 0.05) is 32.7 Å². The Morgan fingerprint density at radius 1 is 0.955 bits per heavy atom. The molecule has 3 aliphatic rings. The van der Waals surface area contributed by atoms with Crippen molar-refractivity contribution in [1.29, 1.82) is 0 Å². The number of hydrogen-bond acceptors (Lipinski definition) is 7. The van der Waals surface area contributed by atoms with E-state index in [1.165, 1.54) is 4.90 Å². The number of nitrogens with zero attached hydrogens (tertiary/aromatic N) is 2. The summed E-state index contributed by atoms with van der Waals surface area (Å²) in [6, 6.07) is 4.45. The summed E-state index contributed by atoms with van der Waals surface area (Å²) in [5, 5.41) is 17.7. The first-order chi connectivity index (χ1) is 21.1. The first kappa shape index (κ1) is 33.2. The molecule has 4 atom stereocenters. The SMILES string of the molecule is CC[C@]1(C)NC(=O)[C@H](CCCCO)NC(=O)[C@H]2CCCN2C(=O)[C@H](Cc2ccc(OCC(=O)N3CCCCC3)cc2)NC1=O. The van der Waals surface area contributed by atoms with E-state index in [0.717, 1.165) is 37.9 Å². The van der Waals surface area contributed by atoms with E-state index in [0.29, 0.717) is 44.4 Å². The number of aliphatic hydroxyl groups is 1. The number of carbonyl (C=O) groups is 5. The average molecular weight is 614 g/mol. The molecule has 1 aromatic carbocycles. The number of aliphatic hydroxyl groups excluding tert-OH is 1. The van der Waals surface area contributed by atoms with E-state index in [4.69, 9.17) is 4.74 Å². The van der Waals surface area contributed by atoms with Crippen molar-refractivity contribution in [1.82, 2.24) is 25.8 Å². The molecule has 0 radical (unpaired) electrons. The van der Waals surface area contributed by atoms with Gasteiger partial charge in [-0.2, -0.15) is 0 Å². The molecule has 0 aliphatic carbocycles. The van der Waals surface area contributed by atoms with Gasteiger partial charge in [0.1, 0.15) is 29.4 Å². The van der Waals surface area contributed by atoms with Crippen molar-refractivity contribution < 1.29 is 33.8 Å². The lowest BCUT2D eigenvalue weighted by atomic mass is 9.94. The Hall–Kier alpha value is -3.67. The van der Waals surface area contributed by atoms with Gasteiger partial charge in [-0.05, 0) is 82.4 Å². The van der Waals surface area contributed by atoms with E-state index < -0.39 is 41.4 Å². The largest absolute Gasteiger partial charge is 0.484 e. The second-order valence-corrected chi connectivity index (χ2v) is 12.2. The zero-order valence-electron chi connectivity index (χ0n) is 25.9. The molecular formula is C32H47N5O7. The van der Waals surface area contributed by atoms with Crippen molar-refractivity contribution in [2.24, 2.45) is 0 Å². The highest BCUT2D eigenvalue weighted by Crippen LogP contribution is 2.23. The lowest BCUT2D eigenvalue weighted by molar-refractivity contribution is -0.144. The monoisotopic (exact) mass is 613 g/mol. The minimum atomic E-state index is -1.32. The van der Waals surface area contributed by atoms with Gasteiger partial charge in [-0.15, -0.1) is 0 Å². The van der Waals surface area contributed by atoms with E-state index in [2.05, 4.69) is 16.0 Å². The van der Waals surface area contributed by atoms with Gasteiger partial charge in [0.15, 0.2) is 6.61 Å². The standard InChI is InChI=1S/C32H47N5O7/c1-3-32(2)31(43)34-25(20-22-12-14-23(15-13-22)44-21-27(39)36-16-6-4-7-17-36)30(42)37-18-9-11-26(37)29(41)33-24(28(40)35-32)10-5-8-19-38/h12-15,24-26,38H,3-11,16-21H2,1-2H3,(H,33,41)(H,34,43)(H,35,40)/t24-,25-,26+,32-/m0/s1. The van der Waals surface area contributed by atoms with Crippen molar-refractivity contribution in [3.05, 3.63) is 29.8 Å². The fraction of sp³-hybridized carbons (Fsp3) is 0.656. The molecule has 4 rings (SSSR count). The molecule has 44 heavy (non-hydrogen) atoms. The third-order valence-electron chi connectivity index (χ3n) is 9.02. The summed E-state index contributed by atoms with van der Waals surface area (Å²) in [6.45, 7) is 5.19. The highest BCUT2D eigenvalue weighted by atomic mass is 16.5. The van der Waals surface area contributed by atoms with E-state index in [-0.39, 0.29) is 37.9 Å². The normalized spacial score (nSPS) is 26.6. The summed E-state index contributed by atoms with van der Waals surface area (Å²) >= 11 is 0. The van der Waals surface area contributed by atoms with Gasteiger partial charge >= 0.3 is 0 Å². The first-order valence-electron chi connectivity index (χ1n) is 16.0. The Morgan fingerprint density at radius 3 is 2.36 bits per heavy atom. The minimum absolute atomic E-state index is 0.0299. The predicted molar refractivity (Wildman–Crippen MR) is 162 cm³/mol. The van der Waals surface area contributed by atoms with Crippen molar-refractivity contribution in [3.8, 4) is 5.75 Å². The van der Waals surface area contributed by atoms with Gasteiger partial charge in [-0.1, -0.05) is 19.1 Å². The second kappa shape index (κ2) is 15.4. The predicted octanol–water partition coefficient (Wildman–Crippen LogP) is 1.04. The number of amides is 5. The van der Waals surface area contributed by atoms with Crippen LogP contribution in [-0.2, 0) is 30.4 Å². The third kappa shape index (κ3) is 8.28. The van der Waals surface area contributed by atoms with Crippen molar-refractivity contribution in [3.63, 3.8) is 0 Å². The Labute approximate surface area is 259 Å². The summed E-state index contributed by atoms with van der Waals surface area (Å²) in [6.07, 6.45) is 5.96. The van der Waals surface area contributed by atoms with E-state index >= 15 is 0 Å². The zero-order valence-corrected chi connectivity index (χ0v) is 25.9. The van der Waals surface area contributed by atoms with Crippen LogP contribution >= 0.6 is 0 Å². The molecule has 242 valence electrons. The number of fused-ring (bicyclic) bond motifs is 1. The molecule has 0 aromatic heterocycles. The molecule has 0 saturated carbocycles. The number of likely N-dealkylation sites (tertiary alicyclic amines) is 1. The van der Waals surface area contributed by atoms with Crippen LogP contribution in [0.4, 0.5) is 0 Å². The van der Waals surface area contributed by atoms with Gasteiger partial charge in [-0.25, -0.2) is 0 Å². The molecule has 3 fully saturated rings. The topological polar surface area (TPSA) is 157 Å². The maximum atomic E-state index is 13.9. The van der Waals surface area contributed by atoms with Crippen LogP contribution in [0.2, 0.25) is 0 Å². The number of hydrogen-bond donors (Lipinski definition) is 4. The van der Waals surface area contributed by atoms with Crippen LogP contribution in [0, 0.1) is 0 Å². The zero-order chi connectivity index (χ0) is 31.7. The molecule has 0 spiro atoms. The molecule has 12 nitrogen and oxygen atoms in total. The summed E-state index contributed by atoms with van der Waals surface area (Å²) in [5.74, 6) is -1.23. The van der Waals surface area contributed by atoms with Crippen LogP contribution in [0.5, 0.6) is 5.75 Å². The van der Waals surface area contributed by atoms with E-state index in [9.17, 15) is 29.1 Å². The summed E-state index contributed by atoms with van der Waals surface area (Å²) in [5.41, 5.74) is -0.561. The van der Waals surface area contributed by atoms with E-state index in [1.54, 1.807) is 38.1 Å². The summed E-state index contributed by atoms with van der Waals surface area (Å²) in [4.78, 5) is 70.1. The number of unbranched alkanes of at least 4 members (excludes halogenated alkanes) is 1. The summed E-state index contributed by atoms with van der Waals surface area (Å²) < 4.78 is 5.72. The Bertz CT molecular complexity index is 1190. The number of piperidine rings is 1. The maximum absolute atomic E-state index is 13.9. The van der Waals surface area contributed by atoms with Gasteiger partial charge in [0.25, 0.3) is 5.91 Å². The van der Waals surface area contributed by atoms with Crippen LogP contribution in [0.25, 0.3) is 0 Å². The number of rotatable bonds is 10. The highest BCUT2D eigenvalue weighted by molar-refractivity contribution is 5.99. The molecule has 4 N–H and O–H groups in total. The van der Waals surface area contributed by atoms with Crippen LogP contribution in [-0.4, -0.2) is 101 Å². The molecule has 0 bridgehead atoms. The van der Waals surface area contributed by atoms with Crippen LogP contribution < -0.4 is 20.7 Å². The number of nitrogens with one attached hydrogen (secondary N) is 3. The number of carbonyl (C=O) groups excluding carboxylic acids is 5. The molecule has 12 heteroatoms. The van der Waals surface area contributed by atoms with Gasteiger partial charge < -0.3 is 35.6 Å². The van der Waals surface area contributed by atoms with Crippen molar-refractivity contribution >= 4 is 29.5 Å². The van der Waals surface area contributed by atoms with Gasteiger partial charge in [0.05, 0.1) is 0 Å². The Morgan fingerprint density at radius 2 is 1.68 bits per heavy atom. The van der Waals surface area contributed by atoms with Crippen LogP contribution in [0.3, 0.4) is 0 Å². The molecular weight excluding hydrogens is 566 g/mol. The molecule has 3 aliphatic heterocycles. The smallest absolute Gasteiger partial charge is 0.260 e. The fourth-order valence-corrected chi connectivity index (χ4v) is 6.02. The molecule has 3 saturated heterocycles. The fourth-order valence-electron chi connectivity index (χ4n) is 6.02. The Balaban J connectivity index is 1.50. The lowest BCUT2D eigenvalue weighted by Gasteiger charge is -2.36. The molecule has 0 unspecified atom stereocenters. The first-order valence-corrected chi connectivity index (χ1v) is 16.0. The maximum Gasteiger partial charge on any atom is 0.260 e. The van der Waals surface area contributed by atoms with Gasteiger partial charge in [-0.3, -0.25) is 24.0 Å². The average Bonchev–Trinajstić information content (AvgIpc) is 3.53. The van der Waals surface area contributed by atoms with E-state index in [1.807, 2.05) is 4.90 Å². The summed E-state index contributed by atoms with van der Waals surface area (Å²) in [7, 11) is 0. The number of ether oxygens (including phenoxy) is 1. The Kier molecular flexibility index (Phi) is 11.6. The van der Waals surface area contributed by atoms with Crippen molar-refractivity contribution in [2.75, 3.05) is 32.8 Å². The highest BCUT2D eigenvalue weighted by Gasteiger charge is 2.43. The molecule has 1 aromatic rings.